The molecule has 3 aromatic carbocycles. The predicted octanol–water partition coefficient (Wildman–Crippen LogP) is 5.30. The maximum absolute atomic E-state index is 12.7. The van der Waals surface area contributed by atoms with Gasteiger partial charge in [-0.15, -0.1) is 0 Å². The predicted molar refractivity (Wildman–Crippen MR) is 137 cm³/mol. The number of benzene rings is 3. The summed E-state index contributed by atoms with van der Waals surface area (Å²) in [6.45, 7) is 2.27. The van der Waals surface area contributed by atoms with E-state index in [4.69, 9.17) is 9.47 Å². The quantitative estimate of drug-likeness (QED) is 0.531. The van der Waals surface area contributed by atoms with Gasteiger partial charge in [0.1, 0.15) is 0 Å². The Labute approximate surface area is 206 Å². The molecule has 0 unspecified atom stereocenters. The fourth-order valence-corrected chi connectivity index (χ4v) is 5.51. The average molecular weight is 470 g/mol. The summed E-state index contributed by atoms with van der Waals surface area (Å²) in [6.07, 6.45) is 5.99. The fraction of sp³-hybridized carbons (Fsp3) is 0.345. The van der Waals surface area contributed by atoms with Gasteiger partial charge in [-0.25, -0.2) is 0 Å². The fourth-order valence-electron chi connectivity index (χ4n) is 5.51. The van der Waals surface area contributed by atoms with Crippen molar-refractivity contribution in [2.24, 2.45) is 0 Å². The minimum absolute atomic E-state index is 0.160. The smallest absolute Gasteiger partial charge is 0.255 e. The largest absolute Gasteiger partial charge is 0.454 e. The first-order chi connectivity index (χ1) is 17.2. The molecule has 0 radical (unpaired) electrons. The number of amides is 1. The molecule has 2 aliphatic heterocycles. The number of carbonyl (C=O) groups is 1. The van der Waals surface area contributed by atoms with E-state index in [-0.39, 0.29) is 12.7 Å². The molecule has 0 saturated carbocycles. The average Bonchev–Trinajstić information content (AvgIpc) is 3.38. The summed E-state index contributed by atoms with van der Waals surface area (Å²) in [5.74, 6) is 1.12. The van der Waals surface area contributed by atoms with Crippen LogP contribution in [0.25, 0.3) is 0 Å². The molecule has 0 bridgehead atoms. The first-order valence-electron chi connectivity index (χ1n) is 12.6. The molecular formula is C29H31N3O3. The van der Waals surface area contributed by atoms with Gasteiger partial charge in [-0.05, 0) is 85.7 Å². The van der Waals surface area contributed by atoms with Gasteiger partial charge in [0.05, 0.1) is 0 Å². The summed E-state index contributed by atoms with van der Waals surface area (Å²) >= 11 is 0. The second-order valence-electron chi connectivity index (χ2n) is 9.64. The van der Waals surface area contributed by atoms with Crippen molar-refractivity contribution < 1.29 is 14.3 Å². The number of piperidine rings is 1. The van der Waals surface area contributed by atoms with Gasteiger partial charge in [0.2, 0.25) is 6.79 Å². The topological polar surface area (TPSA) is 62.8 Å². The van der Waals surface area contributed by atoms with Crippen LogP contribution < -0.4 is 25.0 Å². The highest BCUT2D eigenvalue weighted by Gasteiger charge is 2.25. The summed E-state index contributed by atoms with van der Waals surface area (Å²) < 4.78 is 10.7. The van der Waals surface area contributed by atoms with Gasteiger partial charge in [0, 0.05) is 42.1 Å². The number of fused-ring (bicyclic) bond motifs is 2. The lowest BCUT2D eigenvalue weighted by Gasteiger charge is -2.37. The Hall–Kier alpha value is -3.51. The van der Waals surface area contributed by atoms with Gasteiger partial charge < -0.3 is 25.0 Å². The van der Waals surface area contributed by atoms with Crippen molar-refractivity contribution in [1.29, 1.82) is 0 Å². The van der Waals surface area contributed by atoms with Crippen LogP contribution in [0, 0.1) is 0 Å². The van der Waals surface area contributed by atoms with Gasteiger partial charge in [-0.1, -0.05) is 24.3 Å². The SMILES string of the molecule is O=C(Nc1ccc(N2CCC(N[C@H]3CCCc4ccccc43)CC2)cc1)c1ccc2c(c1)OCO2. The third-order valence-electron chi connectivity index (χ3n) is 7.43. The second-order valence-corrected chi connectivity index (χ2v) is 9.64. The lowest BCUT2D eigenvalue weighted by Crippen LogP contribution is -2.44. The molecule has 2 N–H and O–H groups in total. The molecule has 3 aliphatic rings. The van der Waals surface area contributed by atoms with Gasteiger partial charge in [-0.3, -0.25) is 4.79 Å². The van der Waals surface area contributed by atoms with Crippen LogP contribution in [0.2, 0.25) is 0 Å². The molecule has 2 heterocycles. The molecular weight excluding hydrogens is 438 g/mol. The van der Waals surface area contributed by atoms with Crippen molar-refractivity contribution >= 4 is 17.3 Å². The van der Waals surface area contributed by atoms with Gasteiger partial charge >= 0.3 is 0 Å². The normalized spacial score (nSPS) is 19.3. The Morgan fingerprint density at radius 2 is 1.69 bits per heavy atom. The van der Waals surface area contributed by atoms with Crippen molar-refractivity contribution in [2.45, 2.75) is 44.2 Å². The van der Waals surface area contributed by atoms with E-state index >= 15 is 0 Å². The van der Waals surface area contributed by atoms with Crippen molar-refractivity contribution in [2.75, 3.05) is 30.1 Å². The zero-order chi connectivity index (χ0) is 23.6. The molecule has 1 fully saturated rings. The van der Waals surface area contributed by atoms with Crippen LogP contribution in [-0.2, 0) is 6.42 Å². The third-order valence-corrected chi connectivity index (χ3v) is 7.43. The molecule has 1 atom stereocenters. The maximum atomic E-state index is 12.7. The van der Waals surface area contributed by atoms with E-state index in [0.717, 1.165) is 31.6 Å². The minimum Gasteiger partial charge on any atom is -0.454 e. The first-order valence-corrected chi connectivity index (χ1v) is 12.6. The Morgan fingerprint density at radius 3 is 2.54 bits per heavy atom. The van der Waals surface area contributed by atoms with Crippen LogP contribution in [0.4, 0.5) is 11.4 Å². The molecule has 1 aliphatic carbocycles. The van der Waals surface area contributed by atoms with E-state index in [1.165, 1.54) is 36.1 Å². The van der Waals surface area contributed by atoms with Crippen molar-refractivity contribution in [3.63, 3.8) is 0 Å². The molecule has 35 heavy (non-hydrogen) atoms. The zero-order valence-corrected chi connectivity index (χ0v) is 19.8. The van der Waals surface area contributed by atoms with Crippen molar-refractivity contribution in [3.05, 3.63) is 83.4 Å². The minimum atomic E-state index is -0.160. The Bertz CT molecular complexity index is 1200. The van der Waals surface area contributed by atoms with E-state index in [9.17, 15) is 4.79 Å². The second kappa shape index (κ2) is 9.62. The van der Waals surface area contributed by atoms with Gasteiger partial charge in [0.25, 0.3) is 5.91 Å². The van der Waals surface area contributed by atoms with Crippen LogP contribution in [0.3, 0.4) is 0 Å². The zero-order valence-electron chi connectivity index (χ0n) is 19.8. The molecule has 0 spiro atoms. The number of carbonyl (C=O) groups excluding carboxylic acids is 1. The number of ether oxygens (including phenoxy) is 2. The number of hydrogen-bond acceptors (Lipinski definition) is 5. The maximum Gasteiger partial charge on any atom is 0.255 e. The number of nitrogens with one attached hydrogen (secondary N) is 2. The lowest BCUT2D eigenvalue weighted by atomic mass is 9.87. The summed E-state index contributed by atoms with van der Waals surface area (Å²) in [4.78, 5) is 15.1. The van der Waals surface area contributed by atoms with E-state index in [1.54, 1.807) is 18.2 Å². The number of hydrogen-bond donors (Lipinski definition) is 2. The highest BCUT2D eigenvalue weighted by atomic mass is 16.7. The van der Waals surface area contributed by atoms with Gasteiger partial charge in [-0.2, -0.15) is 0 Å². The van der Waals surface area contributed by atoms with Crippen molar-refractivity contribution in [1.82, 2.24) is 5.32 Å². The summed E-state index contributed by atoms with van der Waals surface area (Å²) in [7, 11) is 0. The van der Waals surface area contributed by atoms with E-state index in [1.807, 2.05) is 12.1 Å². The van der Waals surface area contributed by atoms with Crippen LogP contribution >= 0.6 is 0 Å². The monoisotopic (exact) mass is 469 g/mol. The molecule has 6 nitrogen and oxygen atoms in total. The summed E-state index contributed by atoms with van der Waals surface area (Å²) in [5.41, 5.74) is 5.55. The molecule has 6 heteroatoms. The highest BCUT2D eigenvalue weighted by Crippen LogP contribution is 2.33. The molecule has 0 aromatic heterocycles. The van der Waals surface area contributed by atoms with Crippen molar-refractivity contribution in [3.8, 4) is 11.5 Å². The summed E-state index contributed by atoms with van der Waals surface area (Å²) in [6, 6.07) is 23.3. The Balaban J connectivity index is 1.03. The Kier molecular flexibility index (Phi) is 6.05. The first kappa shape index (κ1) is 22.0. The lowest BCUT2D eigenvalue weighted by molar-refractivity contribution is 0.102. The van der Waals surface area contributed by atoms with Gasteiger partial charge in [0.15, 0.2) is 11.5 Å². The van der Waals surface area contributed by atoms with E-state index in [2.05, 4.69) is 51.9 Å². The molecule has 180 valence electrons. The van der Waals surface area contributed by atoms with E-state index < -0.39 is 0 Å². The molecule has 1 saturated heterocycles. The molecule has 6 rings (SSSR count). The molecule has 1 amide bonds. The van der Waals surface area contributed by atoms with Crippen LogP contribution in [0.1, 0.15) is 53.2 Å². The Morgan fingerprint density at radius 1 is 0.886 bits per heavy atom. The van der Waals surface area contributed by atoms with Crippen LogP contribution in [-0.4, -0.2) is 31.8 Å². The van der Waals surface area contributed by atoms with Crippen LogP contribution in [0.15, 0.2) is 66.7 Å². The van der Waals surface area contributed by atoms with E-state index in [0.29, 0.717) is 29.1 Å². The number of aryl methyl sites for hydroxylation is 1. The standard InChI is InChI=1S/C29H31N3O3/c33-29(21-8-13-27-28(18-21)35-19-34-27)31-22-9-11-24(12-10-22)32-16-14-23(15-17-32)30-26-7-3-5-20-4-1-2-6-25(20)26/h1-2,4,6,8-13,18,23,26,30H,3,5,7,14-17,19H2,(H,31,33)/t26-/m0/s1. The number of rotatable bonds is 5. The number of anilines is 2. The third kappa shape index (κ3) is 4.71. The molecule has 3 aromatic rings. The van der Waals surface area contributed by atoms with Crippen LogP contribution in [0.5, 0.6) is 11.5 Å². The summed E-state index contributed by atoms with van der Waals surface area (Å²) in [5, 5.41) is 6.93. The highest BCUT2D eigenvalue weighted by molar-refractivity contribution is 6.04. The number of nitrogens with zero attached hydrogens (tertiary/aromatic N) is 1.